The average Bonchev–Trinajstić information content (AvgIpc) is 3.66. The molecule has 264 valence electrons. The van der Waals surface area contributed by atoms with E-state index in [0.717, 1.165) is 17.9 Å². The molecule has 0 bridgehead atoms. The molecule has 1 aliphatic heterocycles. The first-order chi connectivity index (χ1) is 22.0. The zero-order valence-corrected chi connectivity index (χ0v) is 27.7. The lowest BCUT2D eigenvalue weighted by Gasteiger charge is -2.22. The molecule has 1 amide bonds. The van der Waals surface area contributed by atoms with E-state index in [1.165, 1.54) is 25.5 Å². The number of amides is 1. The van der Waals surface area contributed by atoms with Crippen molar-refractivity contribution in [2.24, 2.45) is 5.41 Å². The number of carbonyl (C=O) groups is 2. The molecule has 0 radical (unpaired) electrons. The summed E-state index contributed by atoms with van der Waals surface area (Å²) >= 11 is 6.65. The molecular weight excluding hydrogens is 723 g/mol. The largest absolute Gasteiger partial charge is 0.481 e. The van der Waals surface area contributed by atoms with Crippen LogP contribution in [-0.2, 0) is 21.2 Å². The second kappa shape index (κ2) is 13.2. The predicted octanol–water partition coefficient (Wildman–Crippen LogP) is 6.59. The van der Waals surface area contributed by atoms with E-state index in [0.29, 0.717) is 17.4 Å². The Morgan fingerprint density at radius 1 is 1.23 bits per heavy atom. The molecule has 1 aliphatic rings. The first-order valence-corrected chi connectivity index (χ1v) is 16.6. The molecular formula is C27H27ClF7N5O6S2. The Morgan fingerprint density at radius 3 is 2.40 bits per heavy atom. The number of carboxylic acids is 1. The number of halogens is 8. The van der Waals surface area contributed by atoms with Crippen molar-refractivity contribution < 1.29 is 58.4 Å². The van der Waals surface area contributed by atoms with Gasteiger partial charge in [-0.15, -0.1) is 11.3 Å². The highest BCUT2D eigenvalue weighted by atomic mass is 35.5. The number of thiazole rings is 1. The van der Waals surface area contributed by atoms with Gasteiger partial charge in [0, 0.05) is 30.0 Å². The van der Waals surface area contributed by atoms with E-state index in [2.05, 4.69) is 15.1 Å². The summed E-state index contributed by atoms with van der Waals surface area (Å²) < 4.78 is 130. The molecule has 11 nitrogen and oxygen atoms in total. The highest BCUT2D eigenvalue weighted by Gasteiger charge is 2.47. The van der Waals surface area contributed by atoms with Crippen LogP contribution < -0.4 is 4.72 Å². The summed E-state index contributed by atoms with van der Waals surface area (Å²) in [6.45, 7) is 4.11. The van der Waals surface area contributed by atoms with E-state index in [-0.39, 0.29) is 23.1 Å². The number of rotatable bonds is 11. The fourth-order valence-electron chi connectivity index (χ4n) is 4.85. The molecule has 2 unspecified atom stereocenters. The van der Waals surface area contributed by atoms with Crippen LogP contribution in [0.5, 0.6) is 0 Å². The minimum Gasteiger partial charge on any atom is -0.481 e. The molecule has 0 saturated carbocycles. The van der Waals surface area contributed by atoms with Crippen LogP contribution in [0.15, 0.2) is 21.6 Å². The molecule has 1 saturated heterocycles. The quantitative estimate of drug-likeness (QED) is 0.207. The van der Waals surface area contributed by atoms with Gasteiger partial charge >= 0.3 is 12.1 Å². The van der Waals surface area contributed by atoms with Crippen LogP contribution in [0.4, 0.5) is 30.7 Å². The molecule has 1 fully saturated rings. The van der Waals surface area contributed by atoms with Crippen molar-refractivity contribution in [1.29, 1.82) is 0 Å². The summed E-state index contributed by atoms with van der Waals surface area (Å²) in [6, 6.07) is -2.14. The summed E-state index contributed by atoms with van der Waals surface area (Å²) in [4.78, 5) is 32.7. The van der Waals surface area contributed by atoms with Crippen LogP contribution in [0.25, 0.3) is 21.3 Å². The third-order valence-electron chi connectivity index (χ3n) is 7.45. The van der Waals surface area contributed by atoms with Crippen LogP contribution in [0, 0.1) is 5.41 Å². The van der Waals surface area contributed by atoms with Crippen molar-refractivity contribution in [3.8, 4) is 21.3 Å². The summed E-state index contributed by atoms with van der Waals surface area (Å²) in [5, 5.41) is 11.7. The number of sulfonamides is 1. The normalized spacial score (nSPS) is 17.7. The Hall–Kier alpha value is -3.36. The second-order valence-corrected chi connectivity index (χ2v) is 14.7. The van der Waals surface area contributed by atoms with Gasteiger partial charge in [0.05, 0.1) is 21.9 Å². The van der Waals surface area contributed by atoms with Gasteiger partial charge in [0.1, 0.15) is 16.6 Å². The minimum atomic E-state index is -5.14. The van der Waals surface area contributed by atoms with Gasteiger partial charge in [-0.2, -0.15) is 22.9 Å². The fraction of sp³-hybridized carbons (Fsp3) is 0.519. The van der Waals surface area contributed by atoms with Crippen LogP contribution in [0.1, 0.15) is 68.9 Å². The van der Waals surface area contributed by atoms with Crippen molar-refractivity contribution in [3.63, 3.8) is 0 Å². The topological polar surface area (TPSA) is 156 Å². The molecule has 0 spiro atoms. The van der Waals surface area contributed by atoms with Gasteiger partial charge in [-0.3, -0.25) is 9.59 Å². The second-order valence-electron chi connectivity index (χ2n) is 11.7. The summed E-state index contributed by atoms with van der Waals surface area (Å²) in [7, 11) is -5.14. The maximum atomic E-state index is 14.6. The van der Waals surface area contributed by atoms with Crippen molar-refractivity contribution in [2.75, 3.05) is 6.54 Å². The molecule has 48 heavy (non-hydrogen) atoms. The number of nitrogens with one attached hydrogen (secondary N) is 1. The molecule has 3 aromatic rings. The summed E-state index contributed by atoms with van der Waals surface area (Å²) in [6.07, 6.45) is -10.3. The van der Waals surface area contributed by atoms with Crippen molar-refractivity contribution in [2.45, 2.75) is 82.5 Å². The van der Waals surface area contributed by atoms with Gasteiger partial charge in [-0.1, -0.05) is 29.7 Å². The lowest BCUT2D eigenvalue weighted by molar-refractivity contribution is -0.151. The third-order valence-corrected chi connectivity index (χ3v) is 10.6. The number of benzene rings is 1. The third kappa shape index (κ3) is 7.60. The number of nitrogens with zero attached hydrogens (tertiary/aromatic N) is 4. The van der Waals surface area contributed by atoms with Gasteiger partial charge in [0.2, 0.25) is 21.7 Å². The minimum absolute atomic E-state index is 0.169. The Kier molecular flexibility index (Phi) is 10.3. The maximum Gasteiger partial charge on any atom is 0.404 e. The number of carboxylic acid groups (broad SMARTS) is 1. The number of hydrogen-bond acceptors (Lipinski definition) is 9. The van der Waals surface area contributed by atoms with E-state index in [9.17, 15) is 53.8 Å². The number of carbonyl (C=O) groups excluding carboxylic acids is 1. The smallest absolute Gasteiger partial charge is 0.404 e. The molecule has 4 rings (SSSR count). The van der Waals surface area contributed by atoms with Gasteiger partial charge in [-0.05, 0) is 33.3 Å². The number of alkyl halides is 7. The maximum absolute atomic E-state index is 14.6. The van der Waals surface area contributed by atoms with Gasteiger partial charge < -0.3 is 14.5 Å². The van der Waals surface area contributed by atoms with Crippen molar-refractivity contribution in [3.05, 3.63) is 34.3 Å². The Labute approximate surface area is 277 Å². The molecule has 2 aromatic heterocycles. The Balaban J connectivity index is 1.88. The van der Waals surface area contributed by atoms with E-state index in [1.54, 1.807) is 0 Å². The Bertz CT molecular complexity index is 1830. The van der Waals surface area contributed by atoms with E-state index in [1.807, 2.05) is 0 Å². The van der Waals surface area contributed by atoms with Crippen LogP contribution in [-0.4, -0.2) is 76.2 Å². The van der Waals surface area contributed by atoms with Crippen molar-refractivity contribution >= 4 is 44.8 Å². The summed E-state index contributed by atoms with van der Waals surface area (Å²) in [5.74, 6) is -6.07. The fourth-order valence-corrected chi connectivity index (χ4v) is 7.82. The lowest BCUT2D eigenvalue weighted by atomic mass is 9.90. The van der Waals surface area contributed by atoms with Crippen molar-refractivity contribution in [1.82, 2.24) is 24.7 Å². The van der Waals surface area contributed by atoms with Crippen LogP contribution in [0.3, 0.4) is 0 Å². The number of aliphatic carboxylic acids is 1. The van der Waals surface area contributed by atoms with Crippen LogP contribution >= 0.6 is 22.9 Å². The average molecular weight is 750 g/mol. The SMILES string of the molecule is CCC(NS(=O)(=O)c1ccc(-c2sc(-c3noc(CC(C)(C)C(=O)O)n3)nc2C(=O)N2CC(F)(F)CC2C)c(C(F)F)c1Cl)C(F)(F)F. The number of hydrogen-bond donors (Lipinski definition) is 2. The predicted molar refractivity (Wildman–Crippen MR) is 156 cm³/mol. The van der Waals surface area contributed by atoms with E-state index in [4.69, 9.17) is 16.1 Å². The van der Waals surface area contributed by atoms with Gasteiger partial charge in [0.15, 0.2) is 5.01 Å². The monoisotopic (exact) mass is 749 g/mol. The molecule has 1 aromatic carbocycles. The standard InChI is InChI=1S/C27H27ClF7N5O6S2/c1-5-14(27(33,34)35)39-48(44,45)13-7-6-12(16(17(13)28)20(29)30)19-18(23(41)40-10-26(31,32)8-11(40)2)37-22(47-19)21-36-15(46-38-21)9-25(3,4)24(42)43/h6-7,11,14,20,39H,5,8-10H2,1-4H3,(H,42,43). The molecule has 2 N–H and O–H groups in total. The zero-order valence-electron chi connectivity index (χ0n) is 25.3. The molecule has 2 atom stereocenters. The van der Waals surface area contributed by atoms with Crippen LogP contribution in [0.2, 0.25) is 5.02 Å². The van der Waals surface area contributed by atoms with Gasteiger partial charge in [-0.25, -0.2) is 31.0 Å². The van der Waals surface area contributed by atoms with Gasteiger partial charge in [0.25, 0.3) is 18.3 Å². The summed E-state index contributed by atoms with van der Waals surface area (Å²) in [5.41, 5.74) is -3.75. The molecule has 21 heteroatoms. The Morgan fingerprint density at radius 2 is 1.88 bits per heavy atom. The molecule has 3 heterocycles. The zero-order chi connectivity index (χ0) is 36.1. The highest BCUT2D eigenvalue weighted by Crippen LogP contribution is 2.45. The first kappa shape index (κ1) is 37.5. The first-order valence-electron chi connectivity index (χ1n) is 13.9. The lowest BCUT2D eigenvalue weighted by Crippen LogP contribution is -2.44. The number of aromatic nitrogens is 3. The number of likely N-dealkylation sites (tertiary alicyclic amines) is 1. The molecule has 0 aliphatic carbocycles. The highest BCUT2D eigenvalue weighted by molar-refractivity contribution is 7.89. The van der Waals surface area contributed by atoms with E-state index < -0.39 is 109 Å². The van der Waals surface area contributed by atoms with E-state index >= 15 is 0 Å².